The summed E-state index contributed by atoms with van der Waals surface area (Å²) in [6.45, 7) is 3.16. The maximum absolute atomic E-state index is 11.9. The molecule has 7 nitrogen and oxygen atoms in total. The maximum atomic E-state index is 11.9. The zero-order valence-corrected chi connectivity index (χ0v) is 10.5. The third-order valence-corrected chi connectivity index (χ3v) is 2.26. The highest BCUT2D eigenvalue weighted by Gasteiger charge is 2.20. The van der Waals surface area contributed by atoms with Gasteiger partial charge in [-0.15, -0.1) is 0 Å². The van der Waals surface area contributed by atoms with Gasteiger partial charge in [0, 0.05) is 20.8 Å². The summed E-state index contributed by atoms with van der Waals surface area (Å²) in [5.74, 6) is -0.330. The molecule has 0 radical (unpaired) electrons. The van der Waals surface area contributed by atoms with E-state index in [4.69, 9.17) is 20.4 Å². The number of amidine groups is 1. The summed E-state index contributed by atoms with van der Waals surface area (Å²) in [7, 11) is 3.13. The number of carbonyl (C=O) groups excluding carboxylic acids is 1. The van der Waals surface area contributed by atoms with Crippen molar-refractivity contribution in [3.63, 3.8) is 0 Å². The first-order chi connectivity index (χ1) is 8.06. The van der Waals surface area contributed by atoms with Crippen LogP contribution in [0.15, 0.2) is 5.16 Å². The molecule has 0 aliphatic heterocycles. The molecule has 1 unspecified atom stereocenters. The van der Waals surface area contributed by atoms with Crippen molar-refractivity contribution in [3.05, 3.63) is 0 Å². The van der Waals surface area contributed by atoms with E-state index in [0.717, 1.165) is 0 Å². The van der Waals surface area contributed by atoms with Crippen molar-refractivity contribution in [2.24, 2.45) is 10.9 Å². The Morgan fingerprint density at radius 1 is 1.47 bits per heavy atom. The molecule has 0 rings (SSSR count). The Morgan fingerprint density at radius 3 is 2.59 bits per heavy atom. The molecule has 1 atom stereocenters. The fourth-order valence-electron chi connectivity index (χ4n) is 1.40. The molecule has 100 valence electrons. The number of ether oxygens (including phenoxy) is 2. The lowest BCUT2D eigenvalue weighted by molar-refractivity contribution is -0.133. The second kappa shape index (κ2) is 8.77. The Labute approximate surface area is 101 Å². The minimum atomic E-state index is -0.220. The van der Waals surface area contributed by atoms with Gasteiger partial charge in [-0.05, 0) is 6.92 Å². The molecule has 0 saturated heterocycles. The lowest BCUT2D eigenvalue weighted by Crippen LogP contribution is -2.44. The third kappa shape index (κ3) is 6.08. The van der Waals surface area contributed by atoms with Crippen LogP contribution in [0, 0.1) is 0 Å². The van der Waals surface area contributed by atoms with E-state index in [0.29, 0.717) is 19.8 Å². The first-order valence-electron chi connectivity index (χ1n) is 5.30. The molecule has 0 aromatic carbocycles. The Balaban J connectivity index is 4.49. The van der Waals surface area contributed by atoms with E-state index in [-0.39, 0.29) is 24.2 Å². The van der Waals surface area contributed by atoms with Crippen LogP contribution in [-0.2, 0) is 14.3 Å². The van der Waals surface area contributed by atoms with Gasteiger partial charge < -0.3 is 25.3 Å². The molecule has 0 aromatic heterocycles. The fourth-order valence-corrected chi connectivity index (χ4v) is 1.40. The van der Waals surface area contributed by atoms with Gasteiger partial charge in [-0.3, -0.25) is 4.79 Å². The van der Waals surface area contributed by atoms with Crippen LogP contribution in [0.3, 0.4) is 0 Å². The second-order valence-electron chi connectivity index (χ2n) is 3.65. The second-order valence-corrected chi connectivity index (χ2v) is 3.65. The minimum absolute atomic E-state index is 0.0888. The molecule has 0 aliphatic rings. The number of nitrogens with two attached hydrogens (primary N) is 1. The van der Waals surface area contributed by atoms with Crippen LogP contribution in [0.5, 0.6) is 0 Å². The first kappa shape index (κ1) is 15.7. The molecule has 0 spiro atoms. The van der Waals surface area contributed by atoms with Gasteiger partial charge in [0.1, 0.15) is 5.84 Å². The van der Waals surface area contributed by atoms with Crippen LogP contribution >= 0.6 is 0 Å². The molecule has 7 heteroatoms. The molecule has 0 bridgehead atoms. The largest absolute Gasteiger partial charge is 0.409 e. The Bertz CT molecular complexity index is 258. The molecule has 17 heavy (non-hydrogen) atoms. The zero-order chi connectivity index (χ0) is 13.3. The van der Waals surface area contributed by atoms with E-state index in [9.17, 15) is 4.79 Å². The smallest absolute Gasteiger partial charge is 0.230 e. The number of hydrogen-bond donors (Lipinski definition) is 2. The molecule has 0 fully saturated rings. The highest BCUT2D eigenvalue weighted by molar-refractivity contribution is 5.98. The Hall–Kier alpha value is -1.34. The van der Waals surface area contributed by atoms with Crippen molar-refractivity contribution in [1.82, 2.24) is 4.90 Å². The Kier molecular flexibility index (Phi) is 8.08. The molecule has 0 aromatic rings. The number of oxime groups is 1. The standard InChI is InChI=1S/C10H21N3O4/c1-8(7-17-3)13(4-5-16-2)10(14)6-9(11)12-15/h8,15H,4-7H2,1-3H3,(H2,11,12). The minimum Gasteiger partial charge on any atom is -0.409 e. The van der Waals surface area contributed by atoms with Gasteiger partial charge in [0.05, 0.1) is 25.7 Å². The van der Waals surface area contributed by atoms with Gasteiger partial charge in [-0.2, -0.15) is 0 Å². The zero-order valence-electron chi connectivity index (χ0n) is 10.5. The Morgan fingerprint density at radius 2 is 2.12 bits per heavy atom. The van der Waals surface area contributed by atoms with E-state index >= 15 is 0 Å². The van der Waals surface area contributed by atoms with Gasteiger partial charge in [0.25, 0.3) is 0 Å². The van der Waals surface area contributed by atoms with Crippen LogP contribution in [-0.4, -0.2) is 61.9 Å². The lowest BCUT2D eigenvalue weighted by Gasteiger charge is -2.28. The SMILES string of the molecule is COCCN(C(=O)CC(N)=NO)C(C)COC. The number of carbonyl (C=O) groups is 1. The maximum Gasteiger partial charge on any atom is 0.230 e. The monoisotopic (exact) mass is 247 g/mol. The number of rotatable bonds is 8. The summed E-state index contributed by atoms with van der Waals surface area (Å²) in [5, 5.41) is 11.2. The number of hydrogen-bond acceptors (Lipinski definition) is 5. The highest BCUT2D eigenvalue weighted by Crippen LogP contribution is 2.03. The summed E-state index contributed by atoms with van der Waals surface area (Å²) in [6.07, 6.45) is -0.117. The summed E-state index contributed by atoms with van der Waals surface area (Å²) < 4.78 is 9.94. The van der Waals surface area contributed by atoms with E-state index < -0.39 is 0 Å². The van der Waals surface area contributed by atoms with Gasteiger partial charge in [0.15, 0.2) is 0 Å². The van der Waals surface area contributed by atoms with Crippen molar-refractivity contribution in [1.29, 1.82) is 0 Å². The molecule has 0 aliphatic carbocycles. The van der Waals surface area contributed by atoms with Gasteiger partial charge in [-0.1, -0.05) is 5.16 Å². The summed E-state index contributed by atoms with van der Waals surface area (Å²) in [6, 6.07) is -0.0888. The fraction of sp³-hybridized carbons (Fsp3) is 0.800. The summed E-state index contributed by atoms with van der Waals surface area (Å²) in [4.78, 5) is 13.5. The lowest BCUT2D eigenvalue weighted by atomic mass is 10.2. The van der Waals surface area contributed by atoms with Crippen molar-refractivity contribution >= 4 is 11.7 Å². The van der Waals surface area contributed by atoms with E-state index in [1.54, 1.807) is 19.1 Å². The van der Waals surface area contributed by atoms with E-state index in [1.165, 1.54) is 0 Å². The predicted molar refractivity (Wildman–Crippen MR) is 63.0 cm³/mol. The average Bonchev–Trinajstić information content (AvgIpc) is 2.29. The topological polar surface area (TPSA) is 97.4 Å². The highest BCUT2D eigenvalue weighted by atomic mass is 16.5. The van der Waals surface area contributed by atoms with E-state index in [2.05, 4.69) is 5.16 Å². The van der Waals surface area contributed by atoms with Crippen molar-refractivity contribution < 1.29 is 19.5 Å². The predicted octanol–water partition coefficient (Wildman–Crippen LogP) is -0.367. The van der Waals surface area contributed by atoms with Crippen LogP contribution in [0.1, 0.15) is 13.3 Å². The van der Waals surface area contributed by atoms with Gasteiger partial charge in [0.2, 0.25) is 5.91 Å². The van der Waals surface area contributed by atoms with E-state index in [1.807, 2.05) is 6.92 Å². The van der Waals surface area contributed by atoms with Crippen LogP contribution < -0.4 is 5.73 Å². The first-order valence-corrected chi connectivity index (χ1v) is 5.30. The van der Waals surface area contributed by atoms with Crippen LogP contribution in [0.2, 0.25) is 0 Å². The molecule has 3 N–H and O–H groups in total. The van der Waals surface area contributed by atoms with Crippen molar-refractivity contribution in [3.8, 4) is 0 Å². The van der Waals surface area contributed by atoms with Gasteiger partial charge in [-0.25, -0.2) is 0 Å². The van der Waals surface area contributed by atoms with Crippen molar-refractivity contribution in [2.75, 3.05) is 34.0 Å². The van der Waals surface area contributed by atoms with Crippen molar-refractivity contribution in [2.45, 2.75) is 19.4 Å². The molecular formula is C10H21N3O4. The quantitative estimate of drug-likeness (QED) is 0.264. The molecule has 1 amide bonds. The van der Waals surface area contributed by atoms with Crippen LogP contribution in [0.25, 0.3) is 0 Å². The summed E-state index contributed by atoms with van der Waals surface area (Å²) >= 11 is 0. The molecular weight excluding hydrogens is 226 g/mol. The molecule has 0 heterocycles. The van der Waals surface area contributed by atoms with Crippen LogP contribution in [0.4, 0.5) is 0 Å². The number of methoxy groups -OCH3 is 2. The normalized spacial score (nSPS) is 13.5. The molecule has 0 saturated carbocycles. The van der Waals surface area contributed by atoms with Gasteiger partial charge >= 0.3 is 0 Å². The number of amides is 1. The summed E-state index contributed by atoms with van der Waals surface area (Å²) in [5.41, 5.74) is 5.30. The number of nitrogens with zero attached hydrogens (tertiary/aromatic N) is 2. The third-order valence-electron chi connectivity index (χ3n) is 2.26. The average molecular weight is 247 g/mol.